The molecule has 4 aromatic rings. The van der Waals surface area contributed by atoms with Gasteiger partial charge in [0.1, 0.15) is 23.0 Å². The van der Waals surface area contributed by atoms with Crippen LogP contribution in [-0.4, -0.2) is 23.1 Å². The summed E-state index contributed by atoms with van der Waals surface area (Å²) in [5.41, 5.74) is 3.93. The molecule has 174 valence electrons. The zero-order chi connectivity index (χ0) is 24.6. The van der Waals surface area contributed by atoms with Gasteiger partial charge in [-0.1, -0.05) is 64.5 Å². The van der Waals surface area contributed by atoms with Gasteiger partial charge in [0.2, 0.25) is 0 Å². The van der Waals surface area contributed by atoms with E-state index in [9.17, 15) is 14.7 Å². The molecular formula is C27H20BrN3O4. The molecule has 1 heterocycles. The highest BCUT2D eigenvalue weighted by molar-refractivity contribution is 9.10. The number of hydrogen-bond acceptors (Lipinski definition) is 5. The fourth-order valence-corrected chi connectivity index (χ4v) is 3.38. The van der Waals surface area contributed by atoms with Gasteiger partial charge in [0, 0.05) is 21.2 Å². The zero-order valence-electron chi connectivity index (χ0n) is 18.3. The molecule has 8 heteroatoms. The van der Waals surface area contributed by atoms with Gasteiger partial charge in [0.25, 0.3) is 11.8 Å². The number of furan rings is 1. The topological polar surface area (TPSA) is 104 Å². The first kappa shape index (κ1) is 23.7. The van der Waals surface area contributed by atoms with Gasteiger partial charge in [-0.25, -0.2) is 5.43 Å². The van der Waals surface area contributed by atoms with Gasteiger partial charge >= 0.3 is 0 Å². The van der Waals surface area contributed by atoms with Gasteiger partial charge in [-0.05, 0) is 48.5 Å². The number of rotatable bonds is 7. The molecule has 3 N–H and O–H groups in total. The van der Waals surface area contributed by atoms with Crippen molar-refractivity contribution in [2.24, 2.45) is 5.10 Å². The van der Waals surface area contributed by atoms with Crippen LogP contribution >= 0.6 is 15.9 Å². The number of hydrogen-bond donors (Lipinski definition) is 3. The molecule has 35 heavy (non-hydrogen) atoms. The number of halogens is 1. The van der Waals surface area contributed by atoms with Crippen molar-refractivity contribution in [3.63, 3.8) is 0 Å². The highest BCUT2D eigenvalue weighted by atomic mass is 79.9. The maximum atomic E-state index is 12.8. The molecule has 0 radical (unpaired) electrons. The SMILES string of the molecule is O=C(N/N=C/c1ccc(-c2ccc(Br)cc2)o1)/C(=C\c1ccccc1O)NC(=O)c1ccccc1. The number of carbonyl (C=O) groups excluding carboxylic acids is 2. The average molecular weight is 530 g/mol. The van der Waals surface area contributed by atoms with Crippen LogP contribution in [0.5, 0.6) is 5.75 Å². The van der Waals surface area contributed by atoms with Gasteiger partial charge in [0.15, 0.2) is 0 Å². The fraction of sp³-hybridized carbons (Fsp3) is 0. The quantitative estimate of drug-likeness (QED) is 0.171. The zero-order valence-corrected chi connectivity index (χ0v) is 19.9. The number of carbonyl (C=O) groups is 2. The van der Waals surface area contributed by atoms with Crippen molar-refractivity contribution in [3.8, 4) is 17.1 Å². The predicted molar refractivity (Wildman–Crippen MR) is 138 cm³/mol. The second kappa shape index (κ2) is 11.1. The van der Waals surface area contributed by atoms with Crippen LogP contribution in [0.3, 0.4) is 0 Å². The lowest BCUT2D eigenvalue weighted by atomic mass is 10.1. The first-order valence-electron chi connectivity index (χ1n) is 10.5. The fourth-order valence-electron chi connectivity index (χ4n) is 3.11. The van der Waals surface area contributed by atoms with Crippen LogP contribution in [0.25, 0.3) is 17.4 Å². The Bertz CT molecular complexity index is 1390. The molecule has 0 unspecified atom stereocenters. The second-order valence-corrected chi connectivity index (χ2v) is 8.26. The second-order valence-electron chi connectivity index (χ2n) is 7.35. The van der Waals surface area contributed by atoms with Gasteiger partial charge in [-0.2, -0.15) is 5.10 Å². The lowest BCUT2D eigenvalue weighted by molar-refractivity contribution is -0.117. The van der Waals surface area contributed by atoms with Crippen LogP contribution in [0.4, 0.5) is 0 Å². The number of nitrogens with zero attached hydrogens (tertiary/aromatic N) is 1. The third-order valence-electron chi connectivity index (χ3n) is 4.88. The van der Waals surface area contributed by atoms with Crippen LogP contribution in [0.15, 0.2) is 111 Å². The van der Waals surface area contributed by atoms with Gasteiger partial charge in [0.05, 0.1) is 6.21 Å². The van der Waals surface area contributed by atoms with Crippen LogP contribution in [0, 0.1) is 0 Å². The Morgan fingerprint density at radius 1 is 0.886 bits per heavy atom. The van der Waals surface area contributed by atoms with Crippen LogP contribution in [0.2, 0.25) is 0 Å². The van der Waals surface area contributed by atoms with E-state index < -0.39 is 11.8 Å². The highest BCUT2D eigenvalue weighted by Crippen LogP contribution is 2.23. The molecule has 2 amide bonds. The average Bonchev–Trinajstić information content (AvgIpc) is 3.34. The lowest BCUT2D eigenvalue weighted by Crippen LogP contribution is -2.32. The molecular weight excluding hydrogens is 510 g/mol. The number of hydrazone groups is 1. The molecule has 0 aliphatic rings. The number of benzene rings is 3. The van der Waals surface area contributed by atoms with Crippen molar-refractivity contribution >= 4 is 40.0 Å². The Morgan fingerprint density at radius 2 is 1.60 bits per heavy atom. The van der Waals surface area contributed by atoms with Crippen molar-refractivity contribution in [2.75, 3.05) is 0 Å². The van der Waals surface area contributed by atoms with E-state index in [-0.39, 0.29) is 11.4 Å². The molecule has 0 aliphatic heterocycles. The predicted octanol–water partition coefficient (Wildman–Crippen LogP) is 5.34. The monoisotopic (exact) mass is 529 g/mol. The lowest BCUT2D eigenvalue weighted by Gasteiger charge is -2.09. The minimum Gasteiger partial charge on any atom is -0.507 e. The Kier molecular flexibility index (Phi) is 7.54. The first-order valence-corrected chi connectivity index (χ1v) is 11.3. The molecule has 0 fully saturated rings. The van der Waals surface area contributed by atoms with Crippen LogP contribution < -0.4 is 10.7 Å². The van der Waals surface area contributed by atoms with Crippen molar-refractivity contribution in [3.05, 3.63) is 118 Å². The number of para-hydroxylation sites is 1. The summed E-state index contributed by atoms with van der Waals surface area (Å²) in [6.07, 6.45) is 2.73. The standard InChI is InChI=1S/C27H20BrN3O4/c28-21-12-10-18(11-13-21)25-15-14-22(35-25)17-29-31-27(34)23(16-20-8-4-5-9-24(20)32)30-26(33)19-6-2-1-3-7-19/h1-17,32H,(H,30,33)(H,31,34)/b23-16+,29-17+. The highest BCUT2D eigenvalue weighted by Gasteiger charge is 2.15. The molecule has 1 aromatic heterocycles. The van der Waals surface area contributed by atoms with Crippen LogP contribution in [0.1, 0.15) is 21.7 Å². The Hall–Kier alpha value is -4.43. The number of phenols is 1. The van der Waals surface area contributed by atoms with Crippen molar-refractivity contribution in [2.45, 2.75) is 0 Å². The maximum Gasteiger partial charge on any atom is 0.287 e. The van der Waals surface area contributed by atoms with Gasteiger partial charge < -0.3 is 14.8 Å². The minimum atomic E-state index is -0.673. The summed E-state index contributed by atoms with van der Waals surface area (Å²) in [5.74, 6) is -0.0975. The van der Waals surface area contributed by atoms with Crippen molar-refractivity contribution in [1.82, 2.24) is 10.7 Å². The van der Waals surface area contributed by atoms with E-state index in [1.807, 2.05) is 24.3 Å². The molecule has 7 nitrogen and oxygen atoms in total. The normalized spacial score (nSPS) is 11.4. The molecule has 0 saturated carbocycles. The third kappa shape index (κ3) is 6.33. The van der Waals surface area contributed by atoms with E-state index in [0.29, 0.717) is 22.6 Å². The van der Waals surface area contributed by atoms with Crippen molar-refractivity contribution < 1.29 is 19.1 Å². The Morgan fingerprint density at radius 3 is 2.34 bits per heavy atom. The smallest absolute Gasteiger partial charge is 0.287 e. The number of aromatic hydroxyl groups is 1. The first-order chi connectivity index (χ1) is 17.0. The molecule has 0 saturated heterocycles. The maximum absolute atomic E-state index is 12.8. The number of phenolic OH excluding ortho intramolecular Hbond substituents is 1. The summed E-state index contributed by atoms with van der Waals surface area (Å²) in [6.45, 7) is 0. The van der Waals surface area contributed by atoms with Crippen molar-refractivity contribution in [1.29, 1.82) is 0 Å². The van der Waals surface area contributed by atoms with E-state index >= 15 is 0 Å². The Balaban J connectivity index is 1.50. The Labute approximate surface area is 209 Å². The number of amides is 2. The van der Waals surface area contributed by atoms with E-state index in [1.165, 1.54) is 18.4 Å². The van der Waals surface area contributed by atoms with Gasteiger partial charge in [-0.3, -0.25) is 9.59 Å². The summed E-state index contributed by atoms with van der Waals surface area (Å²) < 4.78 is 6.71. The van der Waals surface area contributed by atoms with E-state index in [4.69, 9.17) is 4.42 Å². The molecule has 3 aromatic carbocycles. The summed E-state index contributed by atoms with van der Waals surface area (Å²) in [5, 5.41) is 16.6. The molecule has 0 bridgehead atoms. The van der Waals surface area contributed by atoms with E-state index in [1.54, 1.807) is 60.7 Å². The third-order valence-corrected chi connectivity index (χ3v) is 5.41. The van der Waals surface area contributed by atoms with Crippen LogP contribution in [-0.2, 0) is 4.79 Å². The summed E-state index contributed by atoms with van der Waals surface area (Å²) in [6, 6.07) is 26.1. The molecule has 0 atom stereocenters. The summed E-state index contributed by atoms with van der Waals surface area (Å²) >= 11 is 3.40. The van der Waals surface area contributed by atoms with E-state index in [2.05, 4.69) is 31.8 Å². The summed E-state index contributed by atoms with van der Waals surface area (Å²) in [4.78, 5) is 25.5. The summed E-state index contributed by atoms with van der Waals surface area (Å²) in [7, 11) is 0. The largest absolute Gasteiger partial charge is 0.507 e. The molecule has 0 spiro atoms. The minimum absolute atomic E-state index is 0.0358. The van der Waals surface area contributed by atoms with Gasteiger partial charge in [-0.15, -0.1) is 0 Å². The van der Waals surface area contributed by atoms with E-state index in [0.717, 1.165) is 10.0 Å². The molecule has 4 rings (SSSR count). The number of nitrogens with one attached hydrogen (secondary N) is 2. The molecule has 0 aliphatic carbocycles.